The van der Waals surface area contributed by atoms with Crippen LogP contribution < -0.4 is 0 Å². The smallest absolute Gasteiger partial charge is 0.264 e. The number of likely N-dealkylation sites (tertiary alicyclic amines) is 1. The van der Waals surface area contributed by atoms with Crippen molar-refractivity contribution in [3.8, 4) is 0 Å². The molecule has 0 aliphatic carbocycles. The molecule has 1 aliphatic rings. The van der Waals surface area contributed by atoms with E-state index in [9.17, 15) is 9.90 Å². The topological polar surface area (TPSA) is 40.5 Å². The first kappa shape index (κ1) is 15.5. The number of carbonyl (C=O) groups excluding carboxylic acids is 1. The zero-order valence-corrected chi connectivity index (χ0v) is 13.3. The largest absolute Gasteiger partial charge is 0.394 e. The first-order valence-electron chi connectivity index (χ1n) is 7.68. The molecular formula is C16H25NO2S. The third-order valence-corrected chi connectivity index (χ3v) is 5.18. The molecule has 1 aromatic heterocycles. The van der Waals surface area contributed by atoms with E-state index in [1.165, 1.54) is 10.4 Å². The number of aryl methyl sites for hydroxylation is 2. The van der Waals surface area contributed by atoms with Crippen LogP contribution in [0, 0.1) is 6.92 Å². The van der Waals surface area contributed by atoms with E-state index in [4.69, 9.17) is 0 Å². The zero-order valence-electron chi connectivity index (χ0n) is 12.5. The van der Waals surface area contributed by atoms with Crippen molar-refractivity contribution in [2.45, 2.75) is 58.4 Å². The van der Waals surface area contributed by atoms with Crippen LogP contribution in [-0.4, -0.2) is 35.1 Å². The Hall–Kier alpha value is -0.870. The van der Waals surface area contributed by atoms with Crippen LogP contribution in [-0.2, 0) is 6.42 Å². The molecule has 1 saturated heterocycles. The van der Waals surface area contributed by atoms with E-state index >= 15 is 0 Å². The molecule has 0 saturated carbocycles. The van der Waals surface area contributed by atoms with E-state index in [1.807, 2.05) is 4.90 Å². The zero-order chi connectivity index (χ0) is 14.5. The maximum Gasteiger partial charge on any atom is 0.264 e. The van der Waals surface area contributed by atoms with Crippen LogP contribution >= 0.6 is 11.3 Å². The minimum absolute atomic E-state index is 0.00188. The Morgan fingerprint density at radius 1 is 1.45 bits per heavy atom. The Balaban J connectivity index is 2.17. The van der Waals surface area contributed by atoms with Crippen molar-refractivity contribution in [2.24, 2.45) is 0 Å². The molecule has 1 amide bonds. The van der Waals surface area contributed by atoms with Crippen molar-refractivity contribution in [1.29, 1.82) is 0 Å². The highest BCUT2D eigenvalue weighted by molar-refractivity contribution is 7.14. The Morgan fingerprint density at radius 2 is 2.25 bits per heavy atom. The lowest BCUT2D eigenvalue weighted by molar-refractivity contribution is 0.0604. The van der Waals surface area contributed by atoms with Crippen LogP contribution in [0.5, 0.6) is 0 Å². The van der Waals surface area contributed by atoms with Crippen LogP contribution in [0.1, 0.15) is 59.1 Å². The second-order valence-corrected chi connectivity index (χ2v) is 6.88. The molecule has 0 radical (unpaired) electrons. The lowest BCUT2D eigenvalue weighted by Crippen LogP contribution is -2.41. The number of carbonyl (C=O) groups is 1. The van der Waals surface area contributed by atoms with Gasteiger partial charge in [0.05, 0.1) is 17.5 Å². The first-order valence-corrected chi connectivity index (χ1v) is 8.50. The van der Waals surface area contributed by atoms with Gasteiger partial charge in [0.1, 0.15) is 0 Å². The highest BCUT2D eigenvalue weighted by Crippen LogP contribution is 2.26. The van der Waals surface area contributed by atoms with E-state index in [2.05, 4.69) is 19.9 Å². The Morgan fingerprint density at radius 3 is 2.95 bits per heavy atom. The van der Waals surface area contributed by atoms with E-state index < -0.39 is 0 Å². The van der Waals surface area contributed by atoms with Gasteiger partial charge in [0.2, 0.25) is 0 Å². The van der Waals surface area contributed by atoms with E-state index in [0.717, 1.165) is 49.9 Å². The van der Waals surface area contributed by atoms with E-state index in [-0.39, 0.29) is 18.6 Å². The molecule has 0 spiro atoms. The summed E-state index contributed by atoms with van der Waals surface area (Å²) >= 11 is 1.60. The number of thiophene rings is 1. The predicted molar refractivity (Wildman–Crippen MR) is 83.4 cm³/mol. The molecule has 20 heavy (non-hydrogen) atoms. The van der Waals surface area contributed by atoms with Crippen LogP contribution in [0.3, 0.4) is 0 Å². The summed E-state index contributed by atoms with van der Waals surface area (Å²) in [4.78, 5) is 16.7. The first-order chi connectivity index (χ1) is 9.67. The molecule has 2 rings (SSSR count). The number of rotatable bonds is 4. The van der Waals surface area contributed by atoms with Crippen molar-refractivity contribution in [3.05, 3.63) is 21.4 Å². The third-order valence-electron chi connectivity index (χ3n) is 4.10. The summed E-state index contributed by atoms with van der Waals surface area (Å²) in [5, 5.41) is 9.54. The van der Waals surface area contributed by atoms with Crippen LogP contribution in [0.4, 0.5) is 0 Å². The second-order valence-electron chi connectivity index (χ2n) is 5.63. The average Bonchev–Trinajstić information content (AvgIpc) is 2.67. The number of aliphatic hydroxyl groups excluding tert-OH is 1. The van der Waals surface area contributed by atoms with Crippen molar-refractivity contribution < 1.29 is 9.90 Å². The second kappa shape index (κ2) is 7.23. The molecular weight excluding hydrogens is 270 g/mol. The molecule has 1 fully saturated rings. The normalized spacial score (nSPS) is 19.9. The molecule has 1 atom stereocenters. The third kappa shape index (κ3) is 3.41. The minimum atomic E-state index is 0.00188. The summed E-state index contributed by atoms with van der Waals surface area (Å²) in [5.74, 6) is 0.112. The van der Waals surface area contributed by atoms with Crippen LogP contribution in [0.2, 0.25) is 0 Å². The summed E-state index contributed by atoms with van der Waals surface area (Å²) in [7, 11) is 0. The molecule has 0 aromatic carbocycles. The molecule has 2 heterocycles. The summed E-state index contributed by atoms with van der Waals surface area (Å²) < 4.78 is 0. The van der Waals surface area contributed by atoms with Crippen molar-refractivity contribution in [3.63, 3.8) is 0 Å². The summed E-state index contributed by atoms with van der Waals surface area (Å²) in [6.07, 6.45) is 6.39. The van der Waals surface area contributed by atoms with Crippen LogP contribution in [0.15, 0.2) is 6.07 Å². The van der Waals surface area contributed by atoms with Gasteiger partial charge in [-0.25, -0.2) is 0 Å². The number of nitrogens with zero attached hydrogens (tertiary/aromatic N) is 1. The predicted octanol–water partition coefficient (Wildman–Crippen LogP) is 3.39. The van der Waals surface area contributed by atoms with Gasteiger partial charge in [-0.3, -0.25) is 4.79 Å². The van der Waals surface area contributed by atoms with Crippen molar-refractivity contribution >= 4 is 17.2 Å². The van der Waals surface area contributed by atoms with Gasteiger partial charge in [0, 0.05) is 11.4 Å². The summed E-state index contributed by atoms with van der Waals surface area (Å²) in [6.45, 7) is 5.12. The Kier molecular flexibility index (Phi) is 5.61. The van der Waals surface area contributed by atoms with Gasteiger partial charge in [0.25, 0.3) is 5.91 Å². The Bertz CT molecular complexity index is 455. The molecule has 1 aromatic rings. The highest BCUT2D eigenvalue weighted by Gasteiger charge is 2.27. The van der Waals surface area contributed by atoms with Gasteiger partial charge in [-0.2, -0.15) is 0 Å². The average molecular weight is 295 g/mol. The minimum Gasteiger partial charge on any atom is -0.394 e. The number of amides is 1. The van der Waals surface area contributed by atoms with Gasteiger partial charge in [-0.1, -0.05) is 26.2 Å². The van der Waals surface area contributed by atoms with Crippen molar-refractivity contribution in [1.82, 2.24) is 4.90 Å². The van der Waals surface area contributed by atoms with Gasteiger partial charge >= 0.3 is 0 Å². The fourth-order valence-corrected chi connectivity index (χ4v) is 3.95. The number of aliphatic hydroxyl groups is 1. The van der Waals surface area contributed by atoms with Crippen LogP contribution in [0.25, 0.3) is 0 Å². The molecule has 1 aliphatic heterocycles. The van der Waals surface area contributed by atoms with Gasteiger partial charge < -0.3 is 10.0 Å². The van der Waals surface area contributed by atoms with Gasteiger partial charge in [0.15, 0.2) is 0 Å². The lowest BCUT2D eigenvalue weighted by Gasteiger charge is -2.28. The van der Waals surface area contributed by atoms with E-state index in [0.29, 0.717) is 0 Å². The summed E-state index contributed by atoms with van der Waals surface area (Å²) in [5.41, 5.74) is 1.30. The van der Waals surface area contributed by atoms with Crippen molar-refractivity contribution in [2.75, 3.05) is 13.2 Å². The van der Waals surface area contributed by atoms with Gasteiger partial charge in [-0.05, 0) is 37.8 Å². The molecule has 0 bridgehead atoms. The summed E-state index contributed by atoms with van der Waals surface area (Å²) in [6, 6.07) is 2.06. The quantitative estimate of drug-likeness (QED) is 0.925. The van der Waals surface area contributed by atoms with E-state index in [1.54, 1.807) is 11.3 Å². The molecule has 3 nitrogen and oxygen atoms in total. The molecule has 4 heteroatoms. The monoisotopic (exact) mass is 295 g/mol. The Labute approximate surface area is 125 Å². The standard InChI is InChI=1S/C16H25NO2S/c1-3-7-13-10-15(20-12(13)2)16(19)17-9-6-4-5-8-14(17)11-18/h10,14,18H,3-9,11H2,1-2H3. The highest BCUT2D eigenvalue weighted by atomic mass is 32.1. The number of hydrogen-bond acceptors (Lipinski definition) is 3. The van der Waals surface area contributed by atoms with Gasteiger partial charge in [-0.15, -0.1) is 11.3 Å². The lowest BCUT2D eigenvalue weighted by atomic mass is 10.1. The molecule has 112 valence electrons. The fourth-order valence-electron chi connectivity index (χ4n) is 2.92. The number of hydrogen-bond donors (Lipinski definition) is 1. The SMILES string of the molecule is CCCc1cc(C(=O)N2CCCCCC2CO)sc1C. The fraction of sp³-hybridized carbons (Fsp3) is 0.688. The maximum absolute atomic E-state index is 12.7. The molecule has 1 N–H and O–H groups in total. The maximum atomic E-state index is 12.7. The molecule has 1 unspecified atom stereocenters.